The van der Waals surface area contributed by atoms with Crippen LogP contribution >= 0.6 is 0 Å². The average molecular weight is 362 g/mol. The molecule has 0 unspecified atom stereocenters. The molecule has 0 spiro atoms. The van der Waals surface area contributed by atoms with E-state index in [9.17, 15) is 9.18 Å². The third kappa shape index (κ3) is 4.73. The highest BCUT2D eigenvalue weighted by molar-refractivity contribution is 5.94. The van der Waals surface area contributed by atoms with Gasteiger partial charge in [-0.1, -0.05) is 42.0 Å². The SMILES string of the molecule is C=CCN(Cc1cccn1Cc1cccc(C)c1)C(=O)c1cccc(F)c1. The maximum absolute atomic E-state index is 13.5. The normalized spacial score (nSPS) is 10.6. The first-order valence-corrected chi connectivity index (χ1v) is 8.92. The lowest BCUT2D eigenvalue weighted by Gasteiger charge is -2.22. The maximum Gasteiger partial charge on any atom is 0.254 e. The molecule has 138 valence electrons. The van der Waals surface area contributed by atoms with Crippen LogP contribution in [0.2, 0.25) is 0 Å². The van der Waals surface area contributed by atoms with E-state index in [1.54, 1.807) is 23.1 Å². The lowest BCUT2D eigenvalue weighted by molar-refractivity contribution is 0.0759. The van der Waals surface area contributed by atoms with Gasteiger partial charge in [-0.25, -0.2) is 4.39 Å². The van der Waals surface area contributed by atoms with Gasteiger partial charge < -0.3 is 9.47 Å². The van der Waals surface area contributed by atoms with Gasteiger partial charge in [0.25, 0.3) is 5.91 Å². The predicted octanol–water partition coefficient (Wildman–Crippen LogP) is 4.81. The molecule has 1 aromatic heterocycles. The van der Waals surface area contributed by atoms with E-state index in [-0.39, 0.29) is 5.91 Å². The lowest BCUT2D eigenvalue weighted by Crippen LogP contribution is -2.31. The highest BCUT2D eigenvalue weighted by atomic mass is 19.1. The topological polar surface area (TPSA) is 25.2 Å². The lowest BCUT2D eigenvalue weighted by atomic mass is 10.1. The summed E-state index contributed by atoms with van der Waals surface area (Å²) in [6.45, 7) is 7.38. The molecule has 0 fully saturated rings. The Morgan fingerprint density at radius 3 is 2.70 bits per heavy atom. The first kappa shape index (κ1) is 18.6. The molecule has 1 amide bonds. The number of benzene rings is 2. The molecule has 2 aromatic carbocycles. The Bertz CT molecular complexity index is 945. The van der Waals surface area contributed by atoms with Gasteiger partial charge in [-0.05, 0) is 42.8 Å². The van der Waals surface area contributed by atoms with Crippen LogP contribution in [0.1, 0.15) is 27.2 Å². The minimum Gasteiger partial charge on any atom is -0.345 e. The van der Waals surface area contributed by atoms with Crippen molar-refractivity contribution in [3.63, 3.8) is 0 Å². The number of carbonyl (C=O) groups is 1. The summed E-state index contributed by atoms with van der Waals surface area (Å²) in [5, 5.41) is 0. The third-order valence-corrected chi connectivity index (χ3v) is 4.42. The van der Waals surface area contributed by atoms with Crippen LogP contribution in [0.15, 0.2) is 79.5 Å². The van der Waals surface area contributed by atoms with E-state index in [0.717, 1.165) is 12.2 Å². The Labute approximate surface area is 159 Å². The standard InChI is InChI=1S/C23H23FN2O/c1-3-12-26(23(27)20-9-5-10-21(24)15-20)17-22-11-6-13-25(22)16-19-8-4-7-18(2)14-19/h3-11,13-15H,1,12,16-17H2,2H3. The number of rotatable bonds is 7. The van der Waals surface area contributed by atoms with Crippen LogP contribution in [0.4, 0.5) is 4.39 Å². The van der Waals surface area contributed by atoms with Crippen molar-refractivity contribution in [2.24, 2.45) is 0 Å². The number of hydrogen-bond acceptors (Lipinski definition) is 1. The Morgan fingerprint density at radius 2 is 1.96 bits per heavy atom. The van der Waals surface area contributed by atoms with Crippen molar-refractivity contribution < 1.29 is 9.18 Å². The van der Waals surface area contributed by atoms with E-state index in [1.807, 2.05) is 24.4 Å². The van der Waals surface area contributed by atoms with E-state index in [2.05, 4.69) is 36.3 Å². The van der Waals surface area contributed by atoms with Gasteiger partial charge in [0.1, 0.15) is 5.82 Å². The smallest absolute Gasteiger partial charge is 0.254 e. The highest BCUT2D eigenvalue weighted by Crippen LogP contribution is 2.15. The Hall–Kier alpha value is -3.14. The van der Waals surface area contributed by atoms with E-state index in [4.69, 9.17) is 0 Å². The van der Waals surface area contributed by atoms with Crippen LogP contribution in [0.25, 0.3) is 0 Å². The molecule has 0 saturated heterocycles. The quantitative estimate of drug-likeness (QED) is 0.554. The van der Waals surface area contributed by atoms with Crippen LogP contribution in [-0.4, -0.2) is 21.9 Å². The molecule has 3 rings (SSSR count). The number of nitrogens with zero attached hydrogens (tertiary/aromatic N) is 2. The molecule has 0 aliphatic rings. The highest BCUT2D eigenvalue weighted by Gasteiger charge is 2.17. The Morgan fingerprint density at radius 1 is 1.15 bits per heavy atom. The van der Waals surface area contributed by atoms with E-state index in [0.29, 0.717) is 18.7 Å². The number of halogens is 1. The average Bonchev–Trinajstić information content (AvgIpc) is 3.07. The van der Waals surface area contributed by atoms with Gasteiger partial charge in [-0.3, -0.25) is 4.79 Å². The predicted molar refractivity (Wildman–Crippen MR) is 106 cm³/mol. The van der Waals surface area contributed by atoms with Crippen LogP contribution in [0.3, 0.4) is 0 Å². The summed E-state index contributed by atoms with van der Waals surface area (Å²) in [5.74, 6) is -0.625. The minimum absolute atomic E-state index is 0.210. The van der Waals surface area contributed by atoms with Crippen molar-refractivity contribution >= 4 is 5.91 Å². The molecule has 0 saturated carbocycles. The molecule has 3 nitrogen and oxygen atoms in total. The summed E-state index contributed by atoms with van der Waals surface area (Å²) in [6.07, 6.45) is 3.70. The monoisotopic (exact) mass is 362 g/mol. The summed E-state index contributed by atoms with van der Waals surface area (Å²) < 4.78 is 15.6. The van der Waals surface area contributed by atoms with Gasteiger partial charge in [0, 0.05) is 30.5 Å². The second kappa shape index (κ2) is 8.49. The molecule has 27 heavy (non-hydrogen) atoms. The minimum atomic E-state index is -0.415. The largest absolute Gasteiger partial charge is 0.345 e. The maximum atomic E-state index is 13.5. The summed E-state index contributed by atoms with van der Waals surface area (Å²) in [6, 6.07) is 18.1. The molecule has 0 radical (unpaired) electrons. The molecular formula is C23H23FN2O. The number of amides is 1. The van der Waals surface area contributed by atoms with Crippen molar-refractivity contribution in [3.8, 4) is 0 Å². The summed E-state index contributed by atoms with van der Waals surface area (Å²) in [7, 11) is 0. The van der Waals surface area contributed by atoms with Crippen molar-refractivity contribution in [3.05, 3.63) is 108 Å². The van der Waals surface area contributed by atoms with Crippen LogP contribution in [0, 0.1) is 12.7 Å². The molecule has 1 heterocycles. The van der Waals surface area contributed by atoms with Crippen molar-refractivity contribution in [1.29, 1.82) is 0 Å². The third-order valence-electron chi connectivity index (χ3n) is 4.42. The van der Waals surface area contributed by atoms with Gasteiger partial charge in [-0.2, -0.15) is 0 Å². The first-order valence-electron chi connectivity index (χ1n) is 8.92. The first-order chi connectivity index (χ1) is 13.1. The fourth-order valence-electron chi connectivity index (χ4n) is 3.13. The zero-order chi connectivity index (χ0) is 19.2. The molecule has 0 bridgehead atoms. The molecule has 0 N–H and O–H groups in total. The molecule has 0 aliphatic carbocycles. The molecule has 4 heteroatoms. The van der Waals surface area contributed by atoms with Gasteiger partial charge in [0.15, 0.2) is 0 Å². The number of hydrogen-bond donors (Lipinski definition) is 0. The van der Waals surface area contributed by atoms with Crippen molar-refractivity contribution in [2.45, 2.75) is 20.0 Å². The van der Waals surface area contributed by atoms with Gasteiger partial charge in [-0.15, -0.1) is 6.58 Å². The van der Waals surface area contributed by atoms with Gasteiger partial charge in [0.2, 0.25) is 0 Å². The van der Waals surface area contributed by atoms with Crippen LogP contribution < -0.4 is 0 Å². The molecule has 0 aliphatic heterocycles. The number of aromatic nitrogens is 1. The molecular weight excluding hydrogens is 339 g/mol. The van der Waals surface area contributed by atoms with E-state index in [1.165, 1.54) is 23.3 Å². The van der Waals surface area contributed by atoms with E-state index >= 15 is 0 Å². The fourth-order valence-corrected chi connectivity index (χ4v) is 3.13. The van der Waals surface area contributed by atoms with E-state index < -0.39 is 5.82 Å². The van der Waals surface area contributed by atoms with Crippen molar-refractivity contribution in [1.82, 2.24) is 9.47 Å². The number of aryl methyl sites for hydroxylation is 1. The zero-order valence-electron chi connectivity index (χ0n) is 15.4. The fraction of sp³-hybridized carbons (Fsp3) is 0.174. The van der Waals surface area contributed by atoms with Crippen molar-refractivity contribution in [2.75, 3.05) is 6.54 Å². The van der Waals surface area contributed by atoms with Crippen LogP contribution in [-0.2, 0) is 13.1 Å². The van der Waals surface area contributed by atoms with Crippen LogP contribution in [0.5, 0.6) is 0 Å². The Balaban J connectivity index is 1.80. The zero-order valence-corrected chi connectivity index (χ0v) is 15.4. The Kier molecular flexibility index (Phi) is 5.87. The summed E-state index contributed by atoms with van der Waals surface area (Å²) in [5.41, 5.74) is 3.78. The summed E-state index contributed by atoms with van der Waals surface area (Å²) >= 11 is 0. The molecule has 3 aromatic rings. The summed E-state index contributed by atoms with van der Waals surface area (Å²) in [4.78, 5) is 14.5. The number of carbonyl (C=O) groups excluding carboxylic acids is 1. The second-order valence-corrected chi connectivity index (χ2v) is 6.60. The molecule has 0 atom stereocenters. The second-order valence-electron chi connectivity index (χ2n) is 6.60. The van der Waals surface area contributed by atoms with Gasteiger partial charge in [0.05, 0.1) is 6.54 Å². The van der Waals surface area contributed by atoms with Gasteiger partial charge >= 0.3 is 0 Å².